The van der Waals surface area contributed by atoms with E-state index in [4.69, 9.17) is 14.2 Å². The molecule has 0 saturated heterocycles. The highest BCUT2D eigenvalue weighted by Gasteiger charge is 2.15. The van der Waals surface area contributed by atoms with Crippen LogP contribution in [-0.2, 0) is 9.47 Å². The molecular formula is C19H21F2N3O6. The maximum absolute atomic E-state index is 12.2. The first-order valence-corrected chi connectivity index (χ1v) is 8.71. The van der Waals surface area contributed by atoms with Crippen molar-refractivity contribution in [2.24, 2.45) is 0 Å². The van der Waals surface area contributed by atoms with Gasteiger partial charge in [-0.05, 0) is 19.1 Å². The van der Waals surface area contributed by atoms with Gasteiger partial charge in [0.15, 0.2) is 0 Å². The SMILES string of the molecule is COC(=O)c1cc(Oc2cnc(C(=O)N(C)C)cn2)cc(OC(C)COC(F)F)c1. The van der Waals surface area contributed by atoms with E-state index in [1.165, 1.54) is 49.5 Å². The number of carbonyl (C=O) groups excluding carboxylic acids is 2. The minimum absolute atomic E-state index is 0.0624. The van der Waals surface area contributed by atoms with Crippen LogP contribution < -0.4 is 9.47 Å². The van der Waals surface area contributed by atoms with Crippen molar-refractivity contribution < 1.29 is 37.3 Å². The molecule has 1 aromatic carbocycles. The van der Waals surface area contributed by atoms with Crippen molar-refractivity contribution in [3.8, 4) is 17.4 Å². The second-order valence-electron chi connectivity index (χ2n) is 6.25. The summed E-state index contributed by atoms with van der Waals surface area (Å²) in [7, 11) is 4.38. The number of hydrogen-bond acceptors (Lipinski definition) is 8. The standard InChI is InChI=1S/C19H21F2N3O6/c1-11(10-28-19(20)21)29-13-5-12(18(26)27-4)6-14(7-13)30-16-9-22-15(8-23-16)17(25)24(2)3/h5-9,11,19H,10H2,1-4H3. The van der Waals surface area contributed by atoms with Crippen molar-refractivity contribution in [3.05, 3.63) is 41.9 Å². The Morgan fingerprint density at radius 3 is 2.37 bits per heavy atom. The summed E-state index contributed by atoms with van der Waals surface area (Å²) in [5.41, 5.74) is 0.242. The Labute approximate surface area is 171 Å². The minimum Gasteiger partial charge on any atom is -0.488 e. The van der Waals surface area contributed by atoms with Crippen molar-refractivity contribution in [2.75, 3.05) is 27.8 Å². The van der Waals surface area contributed by atoms with Gasteiger partial charge in [-0.15, -0.1) is 0 Å². The second kappa shape index (κ2) is 10.4. The molecule has 1 atom stereocenters. The van der Waals surface area contributed by atoms with Gasteiger partial charge in [-0.1, -0.05) is 0 Å². The lowest BCUT2D eigenvalue weighted by Gasteiger charge is -2.16. The number of benzene rings is 1. The number of nitrogens with zero attached hydrogens (tertiary/aromatic N) is 3. The van der Waals surface area contributed by atoms with Gasteiger partial charge in [0, 0.05) is 20.2 Å². The molecule has 1 heterocycles. The molecule has 0 aliphatic rings. The van der Waals surface area contributed by atoms with E-state index in [2.05, 4.69) is 14.7 Å². The lowest BCUT2D eigenvalue weighted by molar-refractivity contribution is -0.142. The molecule has 2 rings (SSSR count). The number of alkyl halides is 2. The number of amides is 1. The summed E-state index contributed by atoms with van der Waals surface area (Å²) in [4.78, 5) is 33.2. The Hall–Kier alpha value is -3.34. The van der Waals surface area contributed by atoms with Crippen LogP contribution in [0.2, 0.25) is 0 Å². The third-order valence-corrected chi connectivity index (χ3v) is 3.57. The number of rotatable bonds is 9. The van der Waals surface area contributed by atoms with Crippen LogP contribution in [0.4, 0.5) is 8.78 Å². The zero-order chi connectivity index (χ0) is 22.3. The van der Waals surface area contributed by atoms with E-state index in [9.17, 15) is 18.4 Å². The van der Waals surface area contributed by atoms with Gasteiger partial charge in [0.25, 0.3) is 5.91 Å². The molecule has 1 amide bonds. The van der Waals surface area contributed by atoms with Gasteiger partial charge >= 0.3 is 12.6 Å². The maximum atomic E-state index is 12.2. The van der Waals surface area contributed by atoms with E-state index < -0.39 is 18.7 Å². The number of halogens is 2. The molecule has 0 aliphatic heterocycles. The van der Waals surface area contributed by atoms with Gasteiger partial charge in [-0.3, -0.25) is 4.79 Å². The smallest absolute Gasteiger partial charge is 0.345 e. The molecule has 0 radical (unpaired) electrons. The molecule has 0 fully saturated rings. The maximum Gasteiger partial charge on any atom is 0.345 e. The third kappa shape index (κ3) is 6.62. The van der Waals surface area contributed by atoms with Crippen LogP contribution >= 0.6 is 0 Å². The van der Waals surface area contributed by atoms with Crippen molar-refractivity contribution in [1.82, 2.24) is 14.9 Å². The van der Waals surface area contributed by atoms with E-state index in [1.54, 1.807) is 14.1 Å². The lowest BCUT2D eigenvalue weighted by atomic mass is 10.2. The van der Waals surface area contributed by atoms with Gasteiger partial charge in [-0.2, -0.15) is 8.78 Å². The predicted molar refractivity (Wildman–Crippen MR) is 100.0 cm³/mol. The zero-order valence-electron chi connectivity index (χ0n) is 16.8. The van der Waals surface area contributed by atoms with Gasteiger partial charge in [0.1, 0.15) is 23.3 Å². The molecule has 1 aromatic heterocycles. The number of esters is 1. The lowest BCUT2D eigenvalue weighted by Crippen LogP contribution is -2.22. The van der Waals surface area contributed by atoms with E-state index in [0.717, 1.165) is 0 Å². The summed E-state index contributed by atoms with van der Waals surface area (Å²) in [6, 6.07) is 4.20. The Bertz CT molecular complexity index is 877. The monoisotopic (exact) mass is 425 g/mol. The molecule has 9 nitrogen and oxygen atoms in total. The summed E-state index contributed by atoms with van der Waals surface area (Å²) in [6.45, 7) is -1.75. The molecule has 0 spiro atoms. The first-order valence-electron chi connectivity index (χ1n) is 8.71. The van der Waals surface area contributed by atoms with Crippen LogP contribution in [0.1, 0.15) is 27.8 Å². The Morgan fingerprint density at radius 1 is 1.10 bits per heavy atom. The molecule has 162 valence electrons. The molecule has 2 aromatic rings. The van der Waals surface area contributed by atoms with Crippen molar-refractivity contribution in [2.45, 2.75) is 19.6 Å². The van der Waals surface area contributed by atoms with Crippen molar-refractivity contribution >= 4 is 11.9 Å². The highest BCUT2D eigenvalue weighted by atomic mass is 19.3. The average Bonchev–Trinajstić information content (AvgIpc) is 2.71. The van der Waals surface area contributed by atoms with Crippen LogP contribution in [0.3, 0.4) is 0 Å². The molecule has 0 bridgehead atoms. The van der Waals surface area contributed by atoms with Crippen LogP contribution in [-0.4, -0.2) is 67.3 Å². The number of carbonyl (C=O) groups is 2. The van der Waals surface area contributed by atoms with E-state index in [1.807, 2.05) is 0 Å². The zero-order valence-corrected chi connectivity index (χ0v) is 16.8. The fourth-order valence-corrected chi connectivity index (χ4v) is 2.24. The quantitative estimate of drug-likeness (QED) is 0.566. The Balaban J connectivity index is 2.21. The third-order valence-electron chi connectivity index (χ3n) is 3.57. The van der Waals surface area contributed by atoms with Gasteiger partial charge in [0.2, 0.25) is 5.88 Å². The van der Waals surface area contributed by atoms with Crippen LogP contribution in [0.5, 0.6) is 17.4 Å². The van der Waals surface area contributed by atoms with Crippen LogP contribution in [0, 0.1) is 0 Å². The largest absolute Gasteiger partial charge is 0.488 e. The normalized spacial score (nSPS) is 11.7. The van der Waals surface area contributed by atoms with Gasteiger partial charge < -0.3 is 23.8 Å². The highest BCUT2D eigenvalue weighted by molar-refractivity contribution is 5.91. The summed E-state index contributed by atoms with van der Waals surface area (Å²) in [5.74, 6) is -0.578. The van der Waals surface area contributed by atoms with Crippen LogP contribution in [0.25, 0.3) is 0 Å². The van der Waals surface area contributed by atoms with Crippen molar-refractivity contribution in [3.63, 3.8) is 0 Å². The topological polar surface area (TPSA) is 100 Å². The molecule has 30 heavy (non-hydrogen) atoms. The molecule has 0 saturated carbocycles. The second-order valence-corrected chi connectivity index (χ2v) is 6.25. The molecule has 11 heteroatoms. The predicted octanol–water partition coefficient (Wildman–Crippen LogP) is 2.76. The van der Waals surface area contributed by atoms with E-state index in [-0.39, 0.29) is 41.2 Å². The number of methoxy groups -OCH3 is 1. The van der Waals surface area contributed by atoms with E-state index >= 15 is 0 Å². The van der Waals surface area contributed by atoms with Crippen molar-refractivity contribution in [1.29, 1.82) is 0 Å². The molecule has 0 aliphatic carbocycles. The number of ether oxygens (including phenoxy) is 4. The number of hydrogen-bond donors (Lipinski definition) is 0. The average molecular weight is 425 g/mol. The van der Waals surface area contributed by atoms with E-state index in [0.29, 0.717) is 0 Å². The fraction of sp³-hybridized carbons (Fsp3) is 0.368. The van der Waals surface area contributed by atoms with Gasteiger partial charge in [-0.25, -0.2) is 14.8 Å². The highest BCUT2D eigenvalue weighted by Crippen LogP contribution is 2.27. The molecular weight excluding hydrogens is 404 g/mol. The first-order chi connectivity index (χ1) is 14.2. The number of aromatic nitrogens is 2. The summed E-state index contributed by atoms with van der Waals surface area (Å²) < 4.78 is 44.4. The molecule has 0 N–H and O–H groups in total. The van der Waals surface area contributed by atoms with Crippen LogP contribution in [0.15, 0.2) is 30.6 Å². The minimum atomic E-state index is -2.92. The Kier molecular flexibility index (Phi) is 7.98. The summed E-state index contributed by atoms with van der Waals surface area (Å²) in [5, 5.41) is 0. The summed E-state index contributed by atoms with van der Waals surface area (Å²) >= 11 is 0. The molecule has 1 unspecified atom stereocenters. The summed E-state index contributed by atoms with van der Waals surface area (Å²) in [6.07, 6.45) is 1.78. The fourth-order valence-electron chi connectivity index (χ4n) is 2.24. The first kappa shape index (κ1) is 22.9. The Morgan fingerprint density at radius 2 is 1.80 bits per heavy atom. The van der Waals surface area contributed by atoms with Gasteiger partial charge in [0.05, 0.1) is 31.7 Å².